The SMILES string of the molecule is CC12CCCCC1(C)N(c1ccc3c(c1)N(c1ccccc1)c1cc(-c4ccccc4)cc4c1B3c1ccccc1N4c1ccccc1)c1ccccc12. The number of benzene rings is 7. The van der Waals surface area contributed by atoms with Crippen molar-refractivity contribution in [2.24, 2.45) is 0 Å². The molecule has 0 radical (unpaired) electrons. The van der Waals surface area contributed by atoms with Crippen molar-refractivity contribution < 1.29 is 0 Å². The minimum Gasteiger partial charge on any atom is -0.334 e. The van der Waals surface area contributed by atoms with Crippen LogP contribution in [-0.4, -0.2) is 12.3 Å². The molecule has 11 rings (SSSR count). The Kier molecular flexibility index (Phi) is 6.86. The second kappa shape index (κ2) is 11.8. The van der Waals surface area contributed by atoms with Crippen molar-refractivity contribution in [1.29, 1.82) is 0 Å². The van der Waals surface area contributed by atoms with Gasteiger partial charge in [0.25, 0.3) is 6.71 Å². The number of hydrogen-bond acceptors (Lipinski definition) is 3. The summed E-state index contributed by atoms with van der Waals surface area (Å²) in [6.07, 6.45) is 4.93. The molecule has 54 heavy (non-hydrogen) atoms. The molecule has 3 nitrogen and oxygen atoms in total. The highest BCUT2D eigenvalue weighted by Gasteiger charge is 2.57. The fraction of sp³-hybridized carbons (Fsp3) is 0.160. The zero-order valence-electron chi connectivity index (χ0n) is 30.9. The van der Waals surface area contributed by atoms with E-state index in [0.29, 0.717) is 0 Å². The van der Waals surface area contributed by atoms with Gasteiger partial charge in [-0.05, 0) is 114 Å². The van der Waals surface area contributed by atoms with Crippen molar-refractivity contribution >= 4 is 68.6 Å². The fourth-order valence-electron chi connectivity index (χ4n) is 10.7. The second-order valence-corrected chi connectivity index (χ2v) is 16.0. The van der Waals surface area contributed by atoms with Crippen LogP contribution in [0.3, 0.4) is 0 Å². The van der Waals surface area contributed by atoms with Crippen molar-refractivity contribution in [2.75, 3.05) is 14.7 Å². The third-order valence-corrected chi connectivity index (χ3v) is 13.4. The lowest BCUT2D eigenvalue weighted by Crippen LogP contribution is -2.61. The first kappa shape index (κ1) is 31.5. The molecule has 1 aliphatic carbocycles. The van der Waals surface area contributed by atoms with Crippen molar-refractivity contribution in [3.63, 3.8) is 0 Å². The molecule has 3 aliphatic heterocycles. The third-order valence-electron chi connectivity index (χ3n) is 13.4. The topological polar surface area (TPSA) is 9.72 Å². The minimum atomic E-state index is -0.0193. The van der Waals surface area contributed by atoms with Gasteiger partial charge in [-0.3, -0.25) is 0 Å². The number of rotatable bonds is 4. The van der Waals surface area contributed by atoms with Crippen LogP contribution in [0.1, 0.15) is 45.1 Å². The number of anilines is 8. The molecule has 260 valence electrons. The Morgan fingerprint density at radius 2 is 1.00 bits per heavy atom. The van der Waals surface area contributed by atoms with E-state index in [9.17, 15) is 0 Å². The average Bonchev–Trinajstić information content (AvgIpc) is 3.44. The van der Waals surface area contributed by atoms with Gasteiger partial charge < -0.3 is 14.7 Å². The first-order chi connectivity index (χ1) is 26.5. The van der Waals surface area contributed by atoms with Crippen LogP contribution in [0.4, 0.5) is 45.5 Å². The summed E-state index contributed by atoms with van der Waals surface area (Å²) in [7, 11) is 0. The minimum absolute atomic E-state index is 0.0193. The number of para-hydroxylation sites is 4. The van der Waals surface area contributed by atoms with Crippen molar-refractivity contribution in [3.8, 4) is 11.1 Å². The zero-order valence-corrected chi connectivity index (χ0v) is 30.9. The van der Waals surface area contributed by atoms with Gasteiger partial charge in [0.05, 0.1) is 5.54 Å². The summed E-state index contributed by atoms with van der Waals surface area (Å²) in [5, 5.41) is 0. The highest BCUT2D eigenvalue weighted by molar-refractivity contribution is 7.00. The molecule has 0 amide bonds. The van der Waals surface area contributed by atoms with Gasteiger partial charge in [0.1, 0.15) is 0 Å². The normalized spacial score (nSPS) is 20.5. The van der Waals surface area contributed by atoms with Crippen LogP contribution in [0.2, 0.25) is 0 Å². The molecule has 0 aromatic heterocycles. The molecule has 7 aromatic carbocycles. The molecule has 4 heteroatoms. The molecular weight excluding hydrogens is 653 g/mol. The van der Waals surface area contributed by atoms with Crippen LogP contribution < -0.4 is 31.1 Å². The Bertz CT molecular complexity index is 2570. The van der Waals surface area contributed by atoms with E-state index in [1.165, 1.54) is 104 Å². The van der Waals surface area contributed by atoms with E-state index < -0.39 is 0 Å². The van der Waals surface area contributed by atoms with Crippen LogP contribution in [0.5, 0.6) is 0 Å². The van der Waals surface area contributed by atoms with Crippen LogP contribution in [0.15, 0.2) is 170 Å². The number of nitrogens with zero attached hydrogens (tertiary/aromatic N) is 3. The molecule has 2 unspecified atom stereocenters. The van der Waals surface area contributed by atoms with Gasteiger partial charge in [0, 0.05) is 50.9 Å². The van der Waals surface area contributed by atoms with Gasteiger partial charge >= 0.3 is 0 Å². The number of hydrogen-bond donors (Lipinski definition) is 0. The Balaban J connectivity index is 1.21. The van der Waals surface area contributed by atoms with Gasteiger partial charge in [-0.2, -0.15) is 0 Å². The monoisotopic (exact) mass is 695 g/mol. The fourth-order valence-corrected chi connectivity index (χ4v) is 10.7. The molecule has 0 N–H and O–H groups in total. The maximum Gasteiger partial charge on any atom is 0.252 e. The molecule has 2 atom stereocenters. The second-order valence-electron chi connectivity index (χ2n) is 16.0. The Labute approximate surface area is 319 Å². The first-order valence-electron chi connectivity index (χ1n) is 19.6. The van der Waals surface area contributed by atoms with Gasteiger partial charge in [0.15, 0.2) is 0 Å². The third kappa shape index (κ3) is 4.31. The van der Waals surface area contributed by atoms with Crippen molar-refractivity contribution in [3.05, 3.63) is 175 Å². The smallest absolute Gasteiger partial charge is 0.252 e. The first-order valence-corrected chi connectivity index (χ1v) is 19.6. The molecule has 0 bridgehead atoms. The molecular formula is C50H42BN3. The molecule has 1 fully saturated rings. The molecule has 0 saturated heterocycles. The van der Waals surface area contributed by atoms with Gasteiger partial charge in [-0.1, -0.05) is 129 Å². The molecule has 3 heterocycles. The van der Waals surface area contributed by atoms with Gasteiger partial charge in [0.2, 0.25) is 0 Å². The Hall–Kier alpha value is -6.00. The summed E-state index contributed by atoms with van der Waals surface area (Å²) in [6, 6.07) is 63.4. The Morgan fingerprint density at radius 1 is 0.444 bits per heavy atom. The lowest BCUT2D eigenvalue weighted by Gasteiger charge is -2.50. The summed E-state index contributed by atoms with van der Waals surface area (Å²) in [6.45, 7) is 5.13. The molecule has 1 saturated carbocycles. The zero-order chi connectivity index (χ0) is 36.0. The molecule has 7 aromatic rings. The maximum atomic E-state index is 2.72. The summed E-state index contributed by atoms with van der Waals surface area (Å²) >= 11 is 0. The quantitative estimate of drug-likeness (QED) is 0.170. The number of fused-ring (bicyclic) bond motifs is 7. The van der Waals surface area contributed by atoms with E-state index in [1.807, 2.05) is 0 Å². The maximum absolute atomic E-state index is 2.72. The lowest BCUT2D eigenvalue weighted by molar-refractivity contribution is 0.195. The molecule has 4 aliphatic rings. The van der Waals surface area contributed by atoms with E-state index in [2.05, 4.69) is 198 Å². The molecule has 0 spiro atoms. The predicted octanol–water partition coefficient (Wildman–Crippen LogP) is 11.2. The van der Waals surface area contributed by atoms with Crippen LogP contribution in [-0.2, 0) is 5.41 Å². The van der Waals surface area contributed by atoms with Crippen LogP contribution >= 0.6 is 0 Å². The van der Waals surface area contributed by atoms with Crippen LogP contribution in [0, 0.1) is 0 Å². The summed E-state index contributed by atoms with van der Waals surface area (Å²) in [4.78, 5) is 7.77. The standard InChI is InChI=1S/C50H42BN3/c1-49-30-16-17-31-50(49,2)54(43-26-14-12-24-40(43)49)39-28-29-42-45(34-39)53(38-22-10-5-11-23-38)47-33-36(35-18-6-3-7-19-35)32-46-48(47)51(42)41-25-13-15-27-44(41)52(46)37-20-8-4-9-21-37/h3-15,18-29,32-34H,16-17,30-31H2,1-2H3. The van der Waals surface area contributed by atoms with Crippen molar-refractivity contribution in [2.45, 2.75) is 50.5 Å². The van der Waals surface area contributed by atoms with Gasteiger partial charge in [-0.15, -0.1) is 0 Å². The van der Waals surface area contributed by atoms with E-state index in [1.54, 1.807) is 0 Å². The van der Waals surface area contributed by atoms with E-state index in [0.717, 1.165) is 0 Å². The highest BCUT2D eigenvalue weighted by Crippen LogP contribution is 2.61. The average molecular weight is 696 g/mol. The van der Waals surface area contributed by atoms with Crippen molar-refractivity contribution in [1.82, 2.24) is 0 Å². The Morgan fingerprint density at radius 3 is 1.70 bits per heavy atom. The van der Waals surface area contributed by atoms with E-state index >= 15 is 0 Å². The summed E-state index contributed by atoms with van der Waals surface area (Å²) in [5.41, 5.74) is 17.9. The van der Waals surface area contributed by atoms with E-state index in [4.69, 9.17) is 0 Å². The lowest BCUT2D eigenvalue weighted by atomic mass is 9.33. The van der Waals surface area contributed by atoms with Crippen LogP contribution in [0.25, 0.3) is 11.1 Å². The predicted molar refractivity (Wildman–Crippen MR) is 229 cm³/mol. The van der Waals surface area contributed by atoms with Gasteiger partial charge in [-0.25, -0.2) is 0 Å². The summed E-state index contributed by atoms with van der Waals surface area (Å²) < 4.78 is 0. The highest BCUT2D eigenvalue weighted by atomic mass is 15.3. The summed E-state index contributed by atoms with van der Waals surface area (Å²) in [5.74, 6) is 0. The largest absolute Gasteiger partial charge is 0.334 e. The van der Waals surface area contributed by atoms with E-state index in [-0.39, 0.29) is 17.7 Å².